The van der Waals surface area contributed by atoms with Crippen LogP contribution in [0.3, 0.4) is 0 Å². The first-order valence-corrected chi connectivity index (χ1v) is 5.14. The molecule has 1 unspecified atom stereocenters. The Labute approximate surface area is 99.9 Å². The van der Waals surface area contributed by atoms with E-state index in [2.05, 4.69) is 0 Å². The number of aliphatic hydroxyl groups excluding tert-OH is 1. The molecule has 0 saturated heterocycles. The minimum absolute atomic E-state index is 0.118. The van der Waals surface area contributed by atoms with Crippen LogP contribution in [0.15, 0.2) is 12.1 Å². The van der Waals surface area contributed by atoms with Gasteiger partial charge in [-0.15, -0.1) is 0 Å². The summed E-state index contributed by atoms with van der Waals surface area (Å²) >= 11 is 0. The lowest BCUT2D eigenvalue weighted by Crippen LogP contribution is -2.13. The van der Waals surface area contributed by atoms with Gasteiger partial charge in [-0.3, -0.25) is 4.79 Å². The second-order valence-corrected chi connectivity index (χ2v) is 3.53. The van der Waals surface area contributed by atoms with Gasteiger partial charge in [0, 0.05) is 5.56 Å². The number of aliphatic hydroxyl groups is 1. The number of hydrogen-bond acceptors (Lipinski definition) is 5. The fourth-order valence-corrected chi connectivity index (χ4v) is 1.31. The molecule has 1 aromatic carbocycles. The van der Waals surface area contributed by atoms with Crippen molar-refractivity contribution < 1.29 is 24.1 Å². The molecule has 5 heteroatoms. The van der Waals surface area contributed by atoms with Crippen molar-refractivity contribution in [1.82, 2.24) is 0 Å². The smallest absolute Gasteiger partial charge is 0.203 e. The number of rotatable bonds is 6. The van der Waals surface area contributed by atoms with E-state index < -0.39 is 6.10 Å². The van der Waals surface area contributed by atoms with E-state index in [0.717, 1.165) is 0 Å². The second-order valence-electron chi connectivity index (χ2n) is 3.53. The Balaban J connectivity index is 3.10. The van der Waals surface area contributed by atoms with Crippen molar-refractivity contribution >= 4 is 6.29 Å². The number of carbonyl (C=O) groups excluding carboxylic acids is 1. The van der Waals surface area contributed by atoms with Gasteiger partial charge in [0.25, 0.3) is 0 Å². The highest BCUT2D eigenvalue weighted by molar-refractivity contribution is 5.78. The summed E-state index contributed by atoms with van der Waals surface area (Å²) in [6, 6.07) is 3.10. The number of carbonyl (C=O) groups is 1. The zero-order chi connectivity index (χ0) is 12.8. The quantitative estimate of drug-likeness (QED) is 0.759. The highest BCUT2D eigenvalue weighted by atomic mass is 16.5. The lowest BCUT2D eigenvalue weighted by atomic mass is 10.2. The van der Waals surface area contributed by atoms with Gasteiger partial charge in [-0.2, -0.15) is 0 Å². The summed E-state index contributed by atoms with van der Waals surface area (Å²) < 4.78 is 15.6. The largest absolute Gasteiger partial charge is 0.493 e. The third-order valence-electron chi connectivity index (χ3n) is 2.09. The van der Waals surface area contributed by atoms with E-state index in [4.69, 9.17) is 14.2 Å². The molecule has 0 bridgehead atoms. The molecular formula is C12H16O5. The van der Waals surface area contributed by atoms with Crippen molar-refractivity contribution in [1.29, 1.82) is 0 Å². The standard InChI is InChI=1S/C12H16O5/c1-8(14)7-17-12-10(15-2)4-9(6-13)5-11(12)16-3/h4-6,8,14H,7H2,1-3H3. The van der Waals surface area contributed by atoms with Crippen LogP contribution in [0.25, 0.3) is 0 Å². The molecule has 0 aliphatic rings. The van der Waals surface area contributed by atoms with Crippen molar-refractivity contribution in [3.63, 3.8) is 0 Å². The Bertz CT molecular complexity index is 361. The van der Waals surface area contributed by atoms with Crippen LogP contribution in [0.1, 0.15) is 17.3 Å². The summed E-state index contributed by atoms with van der Waals surface area (Å²) in [5.74, 6) is 1.17. The summed E-state index contributed by atoms with van der Waals surface area (Å²) in [5.41, 5.74) is 0.433. The SMILES string of the molecule is COc1cc(C=O)cc(OC)c1OCC(C)O. The molecule has 94 valence electrons. The van der Waals surface area contributed by atoms with Crippen molar-refractivity contribution in [2.24, 2.45) is 0 Å². The van der Waals surface area contributed by atoms with E-state index in [-0.39, 0.29) is 6.61 Å². The number of methoxy groups -OCH3 is 2. The Morgan fingerprint density at radius 3 is 2.18 bits per heavy atom. The summed E-state index contributed by atoms with van der Waals surface area (Å²) in [6.45, 7) is 1.73. The monoisotopic (exact) mass is 240 g/mol. The zero-order valence-electron chi connectivity index (χ0n) is 10.1. The maximum atomic E-state index is 10.7. The van der Waals surface area contributed by atoms with E-state index >= 15 is 0 Å². The molecule has 0 aliphatic carbocycles. The second kappa shape index (κ2) is 6.10. The normalized spacial score (nSPS) is 11.8. The average Bonchev–Trinajstić information content (AvgIpc) is 2.34. The van der Waals surface area contributed by atoms with E-state index in [1.807, 2.05) is 0 Å². The minimum atomic E-state index is -0.602. The number of benzene rings is 1. The molecule has 0 saturated carbocycles. The third kappa shape index (κ3) is 3.35. The van der Waals surface area contributed by atoms with Crippen molar-refractivity contribution in [3.8, 4) is 17.2 Å². The molecule has 0 aliphatic heterocycles. The van der Waals surface area contributed by atoms with Crippen molar-refractivity contribution in [3.05, 3.63) is 17.7 Å². The van der Waals surface area contributed by atoms with Gasteiger partial charge in [0.15, 0.2) is 11.5 Å². The zero-order valence-corrected chi connectivity index (χ0v) is 10.1. The average molecular weight is 240 g/mol. The molecule has 1 aromatic rings. The lowest BCUT2D eigenvalue weighted by Gasteiger charge is -2.15. The topological polar surface area (TPSA) is 65.0 Å². The summed E-state index contributed by atoms with van der Waals surface area (Å²) in [5, 5.41) is 9.18. The fraction of sp³-hybridized carbons (Fsp3) is 0.417. The highest BCUT2D eigenvalue weighted by Crippen LogP contribution is 2.38. The maximum absolute atomic E-state index is 10.7. The number of hydrogen-bond donors (Lipinski definition) is 1. The van der Waals surface area contributed by atoms with Crippen LogP contribution in [0, 0.1) is 0 Å². The Kier molecular flexibility index (Phi) is 4.78. The first-order chi connectivity index (χ1) is 8.12. The van der Waals surface area contributed by atoms with Crippen LogP contribution >= 0.6 is 0 Å². The van der Waals surface area contributed by atoms with Gasteiger partial charge in [-0.1, -0.05) is 0 Å². The van der Waals surface area contributed by atoms with Gasteiger partial charge >= 0.3 is 0 Å². The molecule has 0 fully saturated rings. The van der Waals surface area contributed by atoms with Gasteiger partial charge in [0.1, 0.15) is 12.9 Å². The fourth-order valence-electron chi connectivity index (χ4n) is 1.31. The molecule has 1 N–H and O–H groups in total. The van der Waals surface area contributed by atoms with Gasteiger partial charge in [-0.05, 0) is 19.1 Å². The molecule has 5 nitrogen and oxygen atoms in total. The minimum Gasteiger partial charge on any atom is -0.493 e. The van der Waals surface area contributed by atoms with E-state index in [1.54, 1.807) is 19.1 Å². The Morgan fingerprint density at radius 2 is 1.82 bits per heavy atom. The predicted octanol–water partition coefficient (Wildman–Crippen LogP) is 1.28. The van der Waals surface area contributed by atoms with Crippen LogP contribution < -0.4 is 14.2 Å². The Morgan fingerprint density at radius 1 is 1.29 bits per heavy atom. The van der Waals surface area contributed by atoms with E-state index in [0.29, 0.717) is 29.1 Å². The van der Waals surface area contributed by atoms with Gasteiger partial charge in [0.2, 0.25) is 5.75 Å². The van der Waals surface area contributed by atoms with Crippen molar-refractivity contribution in [2.75, 3.05) is 20.8 Å². The van der Waals surface area contributed by atoms with Crippen LogP contribution in [0.4, 0.5) is 0 Å². The molecule has 0 heterocycles. The molecular weight excluding hydrogens is 224 g/mol. The first kappa shape index (κ1) is 13.3. The van der Waals surface area contributed by atoms with Gasteiger partial charge in [0.05, 0.1) is 20.3 Å². The number of ether oxygens (including phenoxy) is 3. The van der Waals surface area contributed by atoms with E-state index in [1.165, 1.54) is 14.2 Å². The molecule has 0 spiro atoms. The molecule has 1 atom stereocenters. The van der Waals surface area contributed by atoms with Crippen LogP contribution in [-0.2, 0) is 0 Å². The molecule has 0 aromatic heterocycles. The van der Waals surface area contributed by atoms with Crippen LogP contribution in [0.2, 0.25) is 0 Å². The summed E-state index contributed by atoms with van der Waals surface area (Å²) in [4.78, 5) is 10.7. The molecule has 17 heavy (non-hydrogen) atoms. The predicted molar refractivity (Wildman–Crippen MR) is 62.1 cm³/mol. The first-order valence-electron chi connectivity index (χ1n) is 5.14. The van der Waals surface area contributed by atoms with Crippen LogP contribution in [-0.4, -0.2) is 38.3 Å². The molecule has 0 amide bonds. The van der Waals surface area contributed by atoms with Crippen molar-refractivity contribution in [2.45, 2.75) is 13.0 Å². The van der Waals surface area contributed by atoms with Gasteiger partial charge < -0.3 is 19.3 Å². The lowest BCUT2D eigenvalue weighted by molar-refractivity contribution is 0.111. The van der Waals surface area contributed by atoms with Gasteiger partial charge in [-0.25, -0.2) is 0 Å². The maximum Gasteiger partial charge on any atom is 0.203 e. The third-order valence-corrected chi connectivity index (χ3v) is 2.09. The summed E-state index contributed by atoms with van der Waals surface area (Å²) in [6.07, 6.45) is 0.0962. The molecule has 0 radical (unpaired) electrons. The number of aldehydes is 1. The Hall–Kier alpha value is -1.75. The summed E-state index contributed by atoms with van der Waals surface area (Å²) in [7, 11) is 2.94. The van der Waals surface area contributed by atoms with Crippen LogP contribution in [0.5, 0.6) is 17.2 Å². The van der Waals surface area contributed by atoms with E-state index in [9.17, 15) is 9.90 Å². The highest BCUT2D eigenvalue weighted by Gasteiger charge is 2.14. The molecule has 1 rings (SSSR count).